The van der Waals surface area contributed by atoms with Crippen LogP contribution in [0.5, 0.6) is 0 Å². The summed E-state index contributed by atoms with van der Waals surface area (Å²) >= 11 is 0. The Labute approximate surface area is 145 Å². The normalized spacial score (nSPS) is 25.9. The van der Waals surface area contributed by atoms with Crippen LogP contribution in [0.4, 0.5) is 5.82 Å². The van der Waals surface area contributed by atoms with Gasteiger partial charge in [0.05, 0.1) is 17.2 Å². The van der Waals surface area contributed by atoms with E-state index >= 15 is 0 Å². The molecule has 8 heteroatoms. The van der Waals surface area contributed by atoms with Gasteiger partial charge in [-0.2, -0.15) is 0 Å². The number of hydrogen-bond acceptors (Lipinski definition) is 7. The first kappa shape index (κ1) is 17.6. The van der Waals surface area contributed by atoms with Gasteiger partial charge in [0.2, 0.25) is 0 Å². The van der Waals surface area contributed by atoms with E-state index in [1.54, 1.807) is 10.6 Å². The van der Waals surface area contributed by atoms with Crippen molar-refractivity contribution in [3.8, 4) is 11.8 Å². The third-order valence-electron chi connectivity index (χ3n) is 4.39. The van der Waals surface area contributed by atoms with E-state index in [0.717, 1.165) is 12.8 Å². The number of unbranched alkanes of at least 4 members (excludes halogenated alkanes) is 1. The van der Waals surface area contributed by atoms with Crippen molar-refractivity contribution in [2.75, 3.05) is 12.3 Å². The summed E-state index contributed by atoms with van der Waals surface area (Å²) in [6.45, 7) is 1.75. The predicted octanol–water partition coefficient (Wildman–Crippen LogP) is 0.167. The average Bonchev–Trinajstić information content (AvgIpc) is 3.11. The van der Waals surface area contributed by atoms with Gasteiger partial charge in [0.15, 0.2) is 6.23 Å². The van der Waals surface area contributed by atoms with Gasteiger partial charge in [-0.3, -0.25) is 4.57 Å². The number of nitrogens with two attached hydrogens (primary N) is 1. The van der Waals surface area contributed by atoms with Crippen LogP contribution in [0.1, 0.15) is 38.1 Å². The fourth-order valence-corrected chi connectivity index (χ4v) is 3.12. The number of aromatic nitrogens is 3. The molecule has 25 heavy (non-hydrogen) atoms. The molecule has 0 amide bonds. The van der Waals surface area contributed by atoms with Crippen LogP contribution in [-0.4, -0.2) is 54.8 Å². The molecule has 0 aliphatic carbocycles. The number of nitrogens with zero attached hydrogens (tertiary/aromatic N) is 3. The van der Waals surface area contributed by atoms with Gasteiger partial charge < -0.3 is 25.8 Å². The number of fused-ring (bicyclic) bond motifs is 1. The smallest absolute Gasteiger partial charge is 0.165 e. The summed E-state index contributed by atoms with van der Waals surface area (Å²) in [6, 6.07) is 1.69. The largest absolute Gasteiger partial charge is 0.388 e. The number of rotatable bonds is 4. The number of aliphatic hydroxyl groups is 3. The molecular weight excluding hydrogens is 324 g/mol. The molecule has 0 bridgehead atoms. The second kappa shape index (κ2) is 7.37. The molecule has 1 aliphatic heterocycles. The van der Waals surface area contributed by atoms with Crippen molar-refractivity contribution in [1.29, 1.82) is 0 Å². The average molecular weight is 346 g/mol. The van der Waals surface area contributed by atoms with Crippen molar-refractivity contribution in [3.63, 3.8) is 0 Å². The van der Waals surface area contributed by atoms with Gasteiger partial charge in [0, 0.05) is 0 Å². The van der Waals surface area contributed by atoms with E-state index in [2.05, 4.69) is 28.7 Å². The highest BCUT2D eigenvalue weighted by atomic mass is 16.6. The lowest BCUT2D eigenvalue weighted by Crippen LogP contribution is -2.31. The van der Waals surface area contributed by atoms with Gasteiger partial charge >= 0.3 is 0 Å². The monoisotopic (exact) mass is 346 g/mol. The summed E-state index contributed by atoms with van der Waals surface area (Å²) in [5.74, 6) is 5.68. The number of hydrogen-bond donors (Lipinski definition) is 4. The van der Waals surface area contributed by atoms with Crippen LogP contribution >= 0.6 is 0 Å². The first-order valence-electron chi connectivity index (χ1n) is 8.31. The minimum atomic E-state index is -1.12. The molecule has 1 fully saturated rings. The summed E-state index contributed by atoms with van der Waals surface area (Å²) < 4.78 is 7.54. The Morgan fingerprint density at radius 3 is 2.84 bits per heavy atom. The first-order valence-corrected chi connectivity index (χ1v) is 8.31. The Morgan fingerprint density at radius 1 is 1.32 bits per heavy atom. The Balaban J connectivity index is 2.06. The third kappa shape index (κ3) is 3.19. The third-order valence-corrected chi connectivity index (χ3v) is 4.39. The van der Waals surface area contributed by atoms with Crippen LogP contribution in [0.2, 0.25) is 0 Å². The molecule has 2 aromatic rings. The van der Waals surface area contributed by atoms with Crippen molar-refractivity contribution < 1.29 is 20.1 Å². The highest BCUT2D eigenvalue weighted by molar-refractivity contribution is 5.88. The van der Waals surface area contributed by atoms with Crippen molar-refractivity contribution in [1.82, 2.24) is 14.5 Å². The molecule has 4 unspecified atom stereocenters. The van der Waals surface area contributed by atoms with Crippen molar-refractivity contribution >= 4 is 16.9 Å². The fraction of sp³-hybridized carbons (Fsp3) is 0.529. The molecule has 134 valence electrons. The van der Waals surface area contributed by atoms with E-state index in [4.69, 9.17) is 15.6 Å². The Morgan fingerprint density at radius 2 is 2.12 bits per heavy atom. The number of anilines is 1. The van der Waals surface area contributed by atoms with Crippen LogP contribution < -0.4 is 5.73 Å². The molecular formula is C17H22N4O4. The van der Waals surface area contributed by atoms with E-state index in [9.17, 15) is 10.2 Å². The molecule has 4 atom stereocenters. The van der Waals surface area contributed by atoms with E-state index < -0.39 is 24.5 Å². The van der Waals surface area contributed by atoms with Crippen molar-refractivity contribution in [3.05, 3.63) is 18.1 Å². The summed E-state index contributed by atoms with van der Waals surface area (Å²) in [5.41, 5.74) is 6.84. The summed E-state index contributed by atoms with van der Waals surface area (Å²) in [6.07, 6.45) is 0.414. The van der Waals surface area contributed by atoms with Gasteiger partial charge in [-0.1, -0.05) is 25.7 Å². The van der Waals surface area contributed by atoms with Gasteiger partial charge in [0.1, 0.15) is 36.6 Å². The molecule has 1 saturated heterocycles. The minimum Gasteiger partial charge on any atom is -0.388 e. The lowest BCUT2D eigenvalue weighted by molar-refractivity contribution is -0.0374. The lowest BCUT2D eigenvalue weighted by Gasteiger charge is -2.19. The first-order chi connectivity index (χ1) is 12.1. The number of nitrogen functional groups attached to an aromatic ring is 1. The molecule has 0 spiro atoms. The maximum absolute atomic E-state index is 10.5. The molecule has 0 saturated carbocycles. The van der Waals surface area contributed by atoms with Crippen LogP contribution in [0.15, 0.2) is 12.4 Å². The summed E-state index contributed by atoms with van der Waals surface area (Å²) in [4.78, 5) is 8.19. The molecule has 3 rings (SSSR count). The number of ether oxygens (including phenoxy) is 1. The van der Waals surface area contributed by atoms with Crippen LogP contribution in [0, 0.1) is 11.8 Å². The molecule has 1 aliphatic rings. The second-order valence-electron chi connectivity index (χ2n) is 6.04. The second-order valence-corrected chi connectivity index (χ2v) is 6.04. The zero-order valence-electron chi connectivity index (χ0n) is 14.0. The molecule has 5 N–H and O–H groups in total. The molecule has 2 aromatic heterocycles. The lowest BCUT2D eigenvalue weighted by atomic mass is 10.1. The maximum Gasteiger partial charge on any atom is 0.165 e. The van der Waals surface area contributed by atoms with Crippen LogP contribution in [0.25, 0.3) is 11.0 Å². The van der Waals surface area contributed by atoms with E-state index in [1.807, 2.05) is 0 Å². The topological polar surface area (TPSA) is 127 Å². The predicted molar refractivity (Wildman–Crippen MR) is 91.4 cm³/mol. The SMILES string of the molecule is CCCCC1OC(n2c(C#CCO)cc3c(N)ncnc32)C(O)C1O. The van der Waals surface area contributed by atoms with Crippen LogP contribution in [0.3, 0.4) is 0 Å². The summed E-state index contributed by atoms with van der Waals surface area (Å²) in [5, 5.41) is 30.4. The van der Waals surface area contributed by atoms with Gasteiger partial charge in [-0.15, -0.1) is 0 Å². The standard InChI is InChI=1S/C17H22N4O4/c1-2-3-6-12-13(23)14(24)17(25-12)21-10(5-4-7-22)8-11-15(18)19-9-20-16(11)21/h8-9,12-14,17,22-24H,2-3,6-7H2,1H3,(H2,18,19,20). The van der Waals surface area contributed by atoms with Gasteiger partial charge in [0.25, 0.3) is 0 Å². The van der Waals surface area contributed by atoms with E-state index in [0.29, 0.717) is 23.1 Å². The van der Waals surface area contributed by atoms with Crippen molar-refractivity contribution in [2.24, 2.45) is 0 Å². The van der Waals surface area contributed by atoms with Crippen molar-refractivity contribution in [2.45, 2.75) is 50.7 Å². The highest BCUT2D eigenvalue weighted by Crippen LogP contribution is 2.36. The molecule has 8 nitrogen and oxygen atoms in total. The molecule has 0 radical (unpaired) electrons. The fourth-order valence-electron chi connectivity index (χ4n) is 3.12. The zero-order chi connectivity index (χ0) is 18.0. The highest BCUT2D eigenvalue weighted by Gasteiger charge is 2.44. The Hall–Kier alpha value is -2.18. The van der Waals surface area contributed by atoms with Gasteiger partial charge in [-0.25, -0.2) is 9.97 Å². The Kier molecular flexibility index (Phi) is 5.20. The molecule has 3 heterocycles. The van der Waals surface area contributed by atoms with Gasteiger partial charge in [-0.05, 0) is 18.4 Å². The Bertz CT molecular complexity index is 810. The number of aliphatic hydroxyl groups excluding tert-OH is 3. The zero-order valence-corrected chi connectivity index (χ0v) is 14.0. The van der Waals surface area contributed by atoms with Crippen LogP contribution in [-0.2, 0) is 4.74 Å². The molecule has 0 aromatic carbocycles. The minimum absolute atomic E-state index is 0.284. The van der Waals surface area contributed by atoms with E-state index in [1.165, 1.54) is 6.33 Å². The maximum atomic E-state index is 10.5. The quantitative estimate of drug-likeness (QED) is 0.581. The summed E-state index contributed by atoms with van der Waals surface area (Å²) in [7, 11) is 0. The van der Waals surface area contributed by atoms with E-state index in [-0.39, 0.29) is 12.4 Å².